The number of carbonyl (C=O) groups excluding carboxylic acids is 1. The van der Waals surface area contributed by atoms with Crippen molar-refractivity contribution in [3.63, 3.8) is 0 Å². The highest BCUT2D eigenvalue weighted by Crippen LogP contribution is 2.39. The number of unbranched alkanes of at least 4 members (excludes halogenated alkanes) is 8. The van der Waals surface area contributed by atoms with Crippen molar-refractivity contribution in [3.8, 4) is 28.4 Å². The van der Waals surface area contributed by atoms with Crippen molar-refractivity contribution in [2.24, 2.45) is 0 Å². The molecule has 0 saturated carbocycles. The molecule has 2 aromatic rings. The Hall–Kier alpha value is -2.69. The van der Waals surface area contributed by atoms with Gasteiger partial charge in [-0.3, -0.25) is 0 Å². The number of carbonyl (C=O) groups is 1. The van der Waals surface area contributed by atoms with E-state index in [0.29, 0.717) is 23.5 Å². The van der Waals surface area contributed by atoms with Crippen LogP contribution in [0.4, 0.5) is 0 Å². The lowest BCUT2D eigenvalue weighted by atomic mass is 9.97. The summed E-state index contributed by atoms with van der Waals surface area (Å²) in [5.41, 5.74) is 1.09. The number of phenolic OH excluding ortho intramolecular Hbond substituents is 2. The fourth-order valence-electron chi connectivity index (χ4n) is 4.08. The molecule has 5 heteroatoms. The third-order valence-electron chi connectivity index (χ3n) is 6.01. The van der Waals surface area contributed by atoms with Gasteiger partial charge in [-0.15, -0.1) is 0 Å². The number of aromatic hydroxyl groups is 2. The van der Waals surface area contributed by atoms with E-state index >= 15 is 0 Å². The monoisotopic (exact) mass is 470 g/mol. The number of ether oxygens (including phenoxy) is 2. The molecule has 0 saturated heterocycles. The molecule has 0 bridgehead atoms. The van der Waals surface area contributed by atoms with E-state index < -0.39 is 5.97 Å². The molecule has 0 radical (unpaired) electrons. The standard InChI is InChI=1S/C29H42O5/c1-4-6-8-10-11-15-19-33-29(32)28-25(20-23(30)21-26(28)31)24-17-13-14-18-27(24)34-22(3)16-12-9-7-5-2/h13-14,17-18,20-22,30-31H,4-12,15-16,19H2,1-3H3. The van der Waals surface area contributed by atoms with Crippen molar-refractivity contribution in [1.82, 2.24) is 0 Å². The van der Waals surface area contributed by atoms with Crippen molar-refractivity contribution in [1.29, 1.82) is 0 Å². The van der Waals surface area contributed by atoms with E-state index in [0.717, 1.165) is 32.1 Å². The molecule has 1 atom stereocenters. The molecule has 5 nitrogen and oxygen atoms in total. The number of esters is 1. The number of hydrogen-bond donors (Lipinski definition) is 2. The van der Waals surface area contributed by atoms with E-state index in [9.17, 15) is 15.0 Å². The number of para-hydroxylation sites is 1. The molecule has 0 aliphatic heterocycles. The number of phenols is 2. The van der Waals surface area contributed by atoms with Crippen LogP contribution in [0.3, 0.4) is 0 Å². The molecule has 0 amide bonds. The van der Waals surface area contributed by atoms with Crippen LogP contribution in [0.15, 0.2) is 36.4 Å². The van der Waals surface area contributed by atoms with Crippen LogP contribution in [0.1, 0.15) is 102 Å². The Morgan fingerprint density at radius 1 is 0.853 bits per heavy atom. The van der Waals surface area contributed by atoms with Gasteiger partial charge in [0.05, 0.1) is 12.7 Å². The maximum atomic E-state index is 12.9. The summed E-state index contributed by atoms with van der Waals surface area (Å²) in [6.07, 6.45) is 12.2. The van der Waals surface area contributed by atoms with Gasteiger partial charge in [-0.2, -0.15) is 0 Å². The summed E-state index contributed by atoms with van der Waals surface area (Å²) in [6, 6.07) is 10.1. The molecular weight excluding hydrogens is 428 g/mol. The molecule has 0 aliphatic carbocycles. The van der Waals surface area contributed by atoms with Crippen molar-refractivity contribution < 1.29 is 24.5 Å². The fraction of sp³-hybridized carbons (Fsp3) is 0.552. The molecule has 0 fully saturated rings. The smallest absolute Gasteiger partial charge is 0.342 e. The lowest BCUT2D eigenvalue weighted by Gasteiger charge is -2.19. The van der Waals surface area contributed by atoms with Crippen LogP contribution in [0.2, 0.25) is 0 Å². The first-order chi connectivity index (χ1) is 16.5. The Bertz CT molecular complexity index is 877. The SMILES string of the molecule is CCCCCCCCOC(=O)c1c(O)cc(O)cc1-c1ccccc1OC(C)CCCCCC. The van der Waals surface area contributed by atoms with E-state index in [2.05, 4.69) is 13.8 Å². The Balaban J connectivity index is 2.15. The Morgan fingerprint density at radius 2 is 1.50 bits per heavy atom. The zero-order chi connectivity index (χ0) is 24.8. The van der Waals surface area contributed by atoms with E-state index in [4.69, 9.17) is 9.47 Å². The number of rotatable bonds is 16. The van der Waals surface area contributed by atoms with Gasteiger partial charge >= 0.3 is 5.97 Å². The van der Waals surface area contributed by atoms with Gasteiger partial charge in [0.25, 0.3) is 0 Å². The topological polar surface area (TPSA) is 76.0 Å². The zero-order valence-electron chi connectivity index (χ0n) is 21.1. The van der Waals surface area contributed by atoms with Crippen LogP contribution < -0.4 is 4.74 Å². The minimum atomic E-state index is -0.594. The molecule has 1 unspecified atom stereocenters. The third-order valence-corrected chi connectivity index (χ3v) is 6.01. The van der Waals surface area contributed by atoms with Gasteiger partial charge in [-0.05, 0) is 38.3 Å². The summed E-state index contributed by atoms with van der Waals surface area (Å²) in [7, 11) is 0. The molecule has 2 N–H and O–H groups in total. The fourth-order valence-corrected chi connectivity index (χ4v) is 4.08. The second-order valence-corrected chi connectivity index (χ2v) is 9.07. The van der Waals surface area contributed by atoms with Gasteiger partial charge in [0.1, 0.15) is 22.8 Å². The average Bonchev–Trinajstić information content (AvgIpc) is 2.81. The highest BCUT2D eigenvalue weighted by atomic mass is 16.5. The Labute approximate surface area is 205 Å². The van der Waals surface area contributed by atoms with E-state index in [1.807, 2.05) is 31.2 Å². The highest BCUT2D eigenvalue weighted by molar-refractivity contribution is 6.01. The number of hydrogen-bond acceptors (Lipinski definition) is 5. The summed E-state index contributed by atoms with van der Waals surface area (Å²) < 4.78 is 11.7. The second-order valence-electron chi connectivity index (χ2n) is 9.07. The summed E-state index contributed by atoms with van der Waals surface area (Å²) in [4.78, 5) is 12.9. The molecular formula is C29H42O5. The minimum absolute atomic E-state index is 0.00650. The van der Waals surface area contributed by atoms with Crippen molar-refractivity contribution in [2.75, 3.05) is 6.61 Å². The van der Waals surface area contributed by atoms with Gasteiger partial charge in [0.2, 0.25) is 0 Å². The molecule has 2 rings (SSSR count). The van der Waals surface area contributed by atoms with Crippen LogP contribution in [-0.4, -0.2) is 28.9 Å². The first-order valence-electron chi connectivity index (χ1n) is 13.0. The zero-order valence-corrected chi connectivity index (χ0v) is 21.1. The van der Waals surface area contributed by atoms with E-state index in [-0.39, 0.29) is 23.2 Å². The molecule has 34 heavy (non-hydrogen) atoms. The van der Waals surface area contributed by atoms with Gasteiger partial charge in [0.15, 0.2) is 0 Å². The van der Waals surface area contributed by atoms with Crippen LogP contribution in [0, 0.1) is 0 Å². The van der Waals surface area contributed by atoms with E-state index in [1.54, 1.807) is 0 Å². The van der Waals surface area contributed by atoms with Crippen LogP contribution in [0.5, 0.6) is 17.2 Å². The average molecular weight is 471 g/mol. The lowest BCUT2D eigenvalue weighted by molar-refractivity contribution is 0.0495. The summed E-state index contributed by atoms with van der Waals surface area (Å²) in [5, 5.41) is 20.7. The highest BCUT2D eigenvalue weighted by Gasteiger charge is 2.23. The second kappa shape index (κ2) is 15.3. The van der Waals surface area contributed by atoms with Crippen molar-refractivity contribution >= 4 is 5.97 Å². The molecule has 0 aliphatic rings. The molecule has 2 aromatic carbocycles. The van der Waals surface area contributed by atoms with Crippen LogP contribution in [-0.2, 0) is 4.74 Å². The molecule has 0 aromatic heterocycles. The Kier molecular flexibility index (Phi) is 12.4. The number of benzene rings is 2. The normalized spacial score (nSPS) is 11.9. The Morgan fingerprint density at radius 3 is 2.24 bits per heavy atom. The van der Waals surface area contributed by atoms with Crippen molar-refractivity contribution in [3.05, 3.63) is 42.0 Å². The van der Waals surface area contributed by atoms with Crippen LogP contribution >= 0.6 is 0 Å². The van der Waals surface area contributed by atoms with E-state index in [1.165, 1.54) is 50.7 Å². The summed E-state index contributed by atoms with van der Waals surface area (Å²) in [6.45, 7) is 6.72. The molecule has 0 heterocycles. The first-order valence-corrected chi connectivity index (χ1v) is 13.0. The first kappa shape index (κ1) is 27.6. The van der Waals surface area contributed by atoms with Gasteiger partial charge in [-0.25, -0.2) is 4.79 Å². The summed E-state index contributed by atoms with van der Waals surface area (Å²) >= 11 is 0. The predicted molar refractivity (Wildman–Crippen MR) is 138 cm³/mol. The summed E-state index contributed by atoms with van der Waals surface area (Å²) in [5.74, 6) is -0.406. The third kappa shape index (κ3) is 8.92. The largest absolute Gasteiger partial charge is 0.508 e. The van der Waals surface area contributed by atoms with Crippen LogP contribution in [0.25, 0.3) is 11.1 Å². The van der Waals surface area contributed by atoms with Crippen molar-refractivity contribution in [2.45, 2.75) is 97.5 Å². The van der Waals surface area contributed by atoms with Gasteiger partial charge in [-0.1, -0.05) is 83.4 Å². The quantitative estimate of drug-likeness (QED) is 0.192. The molecule has 188 valence electrons. The lowest BCUT2D eigenvalue weighted by Crippen LogP contribution is -2.13. The predicted octanol–water partition coefficient (Wildman–Crippen LogP) is 8.02. The maximum absolute atomic E-state index is 12.9. The maximum Gasteiger partial charge on any atom is 0.342 e. The van der Waals surface area contributed by atoms with Gasteiger partial charge in [0, 0.05) is 17.2 Å². The molecule has 0 spiro atoms. The minimum Gasteiger partial charge on any atom is -0.508 e. The van der Waals surface area contributed by atoms with Gasteiger partial charge < -0.3 is 19.7 Å².